The van der Waals surface area contributed by atoms with Crippen molar-refractivity contribution in [2.75, 3.05) is 20.0 Å². The van der Waals surface area contributed by atoms with Crippen molar-refractivity contribution in [1.82, 2.24) is 0 Å². The highest BCUT2D eigenvalue weighted by Gasteiger charge is 2.21. The van der Waals surface area contributed by atoms with Gasteiger partial charge >= 0.3 is 0 Å². The SMILES string of the molecule is CCOc1cc(/C=C2\N=C(SC)SC2=O)ccc1OC. The molecule has 0 fully saturated rings. The van der Waals surface area contributed by atoms with Crippen LogP contribution in [0.2, 0.25) is 0 Å². The number of aliphatic imine (C=N–C) groups is 1. The number of benzene rings is 1. The van der Waals surface area contributed by atoms with Crippen molar-refractivity contribution >= 4 is 39.1 Å². The molecule has 2 rings (SSSR count). The van der Waals surface area contributed by atoms with Crippen molar-refractivity contribution < 1.29 is 14.3 Å². The predicted octanol–water partition coefficient (Wildman–Crippen LogP) is 3.43. The number of carbonyl (C=O) groups excluding carboxylic acids is 1. The second kappa shape index (κ2) is 6.85. The molecule has 20 heavy (non-hydrogen) atoms. The molecule has 6 heteroatoms. The minimum Gasteiger partial charge on any atom is -0.493 e. The van der Waals surface area contributed by atoms with Gasteiger partial charge in [-0.3, -0.25) is 4.79 Å². The highest BCUT2D eigenvalue weighted by atomic mass is 32.2. The lowest BCUT2D eigenvalue weighted by atomic mass is 10.1. The van der Waals surface area contributed by atoms with Crippen molar-refractivity contribution in [2.24, 2.45) is 4.99 Å². The first-order chi connectivity index (χ1) is 9.67. The smallest absolute Gasteiger partial charge is 0.244 e. The first-order valence-corrected chi connectivity index (χ1v) is 8.09. The van der Waals surface area contributed by atoms with Gasteiger partial charge in [-0.05, 0) is 48.7 Å². The Morgan fingerprint density at radius 2 is 2.20 bits per heavy atom. The normalized spacial score (nSPS) is 16.4. The highest BCUT2D eigenvalue weighted by Crippen LogP contribution is 2.32. The Balaban J connectivity index is 2.32. The number of hydrogen-bond donors (Lipinski definition) is 0. The van der Waals surface area contributed by atoms with E-state index < -0.39 is 0 Å². The minimum atomic E-state index is -0.0249. The fourth-order valence-electron chi connectivity index (χ4n) is 1.69. The number of thioether (sulfide) groups is 2. The first kappa shape index (κ1) is 15.0. The average molecular weight is 309 g/mol. The Labute approximate surface area is 126 Å². The number of ether oxygens (including phenoxy) is 2. The van der Waals surface area contributed by atoms with E-state index in [1.807, 2.05) is 31.4 Å². The summed E-state index contributed by atoms with van der Waals surface area (Å²) < 4.78 is 11.5. The maximum absolute atomic E-state index is 11.8. The second-order valence-electron chi connectivity index (χ2n) is 3.84. The maximum Gasteiger partial charge on any atom is 0.244 e. The van der Waals surface area contributed by atoms with Crippen LogP contribution >= 0.6 is 23.5 Å². The zero-order chi connectivity index (χ0) is 14.5. The van der Waals surface area contributed by atoms with Crippen LogP contribution in [0, 0.1) is 0 Å². The molecule has 0 aliphatic carbocycles. The van der Waals surface area contributed by atoms with Crippen LogP contribution in [0.15, 0.2) is 28.9 Å². The Bertz CT molecular complexity index is 582. The van der Waals surface area contributed by atoms with E-state index in [0.29, 0.717) is 23.8 Å². The molecule has 4 nitrogen and oxygen atoms in total. The van der Waals surface area contributed by atoms with E-state index in [2.05, 4.69) is 4.99 Å². The lowest BCUT2D eigenvalue weighted by Gasteiger charge is -2.09. The van der Waals surface area contributed by atoms with Gasteiger partial charge in [0.2, 0.25) is 5.12 Å². The van der Waals surface area contributed by atoms with E-state index in [9.17, 15) is 4.79 Å². The van der Waals surface area contributed by atoms with Crippen LogP contribution in [-0.2, 0) is 4.79 Å². The van der Waals surface area contributed by atoms with Crippen LogP contribution in [-0.4, -0.2) is 29.5 Å². The molecule has 0 radical (unpaired) electrons. The number of hydrogen-bond acceptors (Lipinski definition) is 6. The molecule has 1 aliphatic rings. The Morgan fingerprint density at radius 3 is 2.80 bits per heavy atom. The van der Waals surface area contributed by atoms with Gasteiger partial charge in [0.05, 0.1) is 13.7 Å². The molecular weight excluding hydrogens is 294 g/mol. The summed E-state index contributed by atoms with van der Waals surface area (Å²) in [6, 6.07) is 5.54. The average Bonchev–Trinajstić information content (AvgIpc) is 2.80. The predicted molar refractivity (Wildman–Crippen MR) is 85.7 cm³/mol. The maximum atomic E-state index is 11.8. The van der Waals surface area contributed by atoms with Gasteiger partial charge in [0.1, 0.15) is 10.1 Å². The van der Waals surface area contributed by atoms with Gasteiger partial charge in [-0.25, -0.2) is 4.99 Å². The van der Waals surface area contributed by atoms with E-state index in [0.717, 1.165) is 21.7 Å². The van der Waals surface area contributed by atoms with Gasteiger partial charge in [-0.1, -0.05) is 6.07 Å². The molecule has 0 saturated heterocycles. The first-order valence-electron chi connectivity index (χ1n) is 6.05. The third-order valence-corrected chi connectivity index (χ3v) is 4.42. The lowest BCUT2D eigenvalue weighted by Crippen LogP contribution is -1.96. The van der Waals surface area contributed by atoms with E-state index in [1.165, 1.54) is 11.8 Å². The number of nitrogens with zero attached hydrogens (tertiary/aromatic N) is 1. The molecule has 0 atom stereocenters. The monoisotopic (exact) mass is 309 g/mol. The Morgan fingerprint density at radius 1 is 1.40 bits per heavy atom. The molecule has 1 heterocycles. The van der Waals surface area contributed by atoms with E-state index in [4.69, 9.17) is 9.47 Å². The summed E-state index contributed by atoms with van der Waals surface area (Å²) in [4.78, 5) is 16.1. The van der Waals surface area contributed by atoms with Crippen LogP contribution in [0.1, 0.15) is 12.5 Å². The summed E-state index contributed by atoms with van der Waals surface area (Å²) >= 11 is 2.64. The lowest BCUT2D eigenvalue weighted by molar-refractivity contribution is -0.107. The molecule has 0 unspecified atom stereocenters. The minimum absolute atomic E-state index is 0.0249. The molecule has 0 spiro atoms. The van der Waals surface area contributed by atoms with Crippen molar-refractivity contribution in [3.8, 4) is 11.5 Å². The van der Waals surface area contributed by atoms with Crippen LogP contribution in [0.4, 0.5) is 0 Å². The summed E-state index contributed by atoms with van der Waals surface area (Å²) in [6.07, 6.45) is 3.67. The second-order valence-corrected chi connectivity index (χ2v) is 5.86. The van der Waals surface area contributed by atoms with E-state index in [-0.39, 0.29) is 5.12 Å². The molecule has 106 valence electrons. The van der Waals surface area contributed by atoms with Crippen LogP contribution in [0.3, 0.4) is 0 Å². The Hall–Kier alpha value is -1.40. The molecule has 1 aliphatic heterocycles. The van der Waals surface area contributed by atoms with Crippen LogP contribution < -0.4 is 9.47 Å². The van der Waals surface area contributed by atoms with Crippen molar-refractivity contribution in [3.63, 3.8) is 0 Å². The third kappa shape index (κ3) is 3.37. The number of rotatable bonds is 4. The van der Waals surface area contributed by atoms with Gasteiger partial charge in [0.25, 0.3) is 0 Å². The zero-order valence-electron chi connectivity index (χ0n) is 11.5. The molecular formula is C14H15NO3S2. The molecule has 1 aromatic rings. The van der Waals surface area contributed by atoms with Gasteiger partial charge < -0.3 is 9.47 Å². The molecule has 0 bridgehead atoms. The third-order valence-electron chi connectivity index (χ3n) is 2.57. The number of methoxy groups -OCH3 is 1. The van der Waals surface area contributed by atoms with Crippen LogP contribution in [0.25, 0.3) is 6.08 Å². The molecule has 0 N–H and O–H groups in total. The quantitative estimate of drug-likeness (QED) is 0.798. The van der Waals surface area contributed by atoms with Crippen molar-refractivity contribution in [3.05, 3.63) is 29.5 Å². The Kier molecular flexibility index (Phi) is 5.14. The van der Waals surface area contributed by atoms with Crippen molar-refractivity contribution in [1.29, 1.82) is 0 Å². The molecule has 0 aromatic heterocycles. The standard InChI is InChI=1S/C14H15NO3S2/c1-4-18-12-8-9(5-6-11(12)17-2)7-10-13(16)20-14(15-10)19-3/h5-8H,4H2,1-3H3/b10-7-. The topological polar surface area (TPSA) is 47.9 Å². The summed E-state index contributed by atoms with van der Waals surface area (Å²) in [5, 5.41) is -0.0249. The summed E-state index contributed by atoms with van der Waals surface area (Å²) in [6.45, 7) is 2.47. The highest BCUT2D eigenvalue weighted by molar-refractivity contribution is 8.45. The van der Waals surface area contributed by atoms with Gasteiger partial charge in [-0.15, -0.1) is 11.8 Å². The summed E-state index contributed by atoms with van der Waals surface area (Å²) in [7, 11) is 1.60. The van der Waals surface area contributed by atoms with E-state index >= 15 is 0 Å². The van der Waals surface area contributed by atoms with Gasteiger partial charge in [0.15, 0.2) is 11.5 Å². The molecule has 0 amide bonds. The fourth-order valence-corrected chi connectivity index (χ4v) is 2.95. The van der Waals surface area contributed by atoms with Gasteiger partial charge in [-0.2, -0.15) is 0 Å². The largest absolute Gasteiger partial charge is 0.493 e. The zero-order valence-corrected chi connectivity index (χ0v) is 13.1. The van der Waals surface area contributed by atoms with Crippen molar-refractivity contribution in [2.45, 2.75) is 6.92 Å². The van der Waals surface area contributed by atoms with Gasteiger partial charge in [0, 0.05) is 0 Å². The fraction of sp³-hybridized carbons (Fsp3) is 0.286. The number of carbonyl (C=O) groups is 1. The summed E-state index contributed by atoms with van der Waals surface area (Å²) in [5.74, 6) is 1.34. The van der Waals surface area contributed by atoms with E-state index in [1.54, 1.807) is 13.2 Å². The molecule has 1 aromatic carbocycles. The summed E-state index contributed by atoms with van der Waals surface area (Å²) in [5.41, 5.74) is 1.33. The molecule has 0 saturated carbocycles. The van der Waals surface area contributed by atoms with Crippen LogP contribution in [0.5, 0.6) is 11.5 Å².